The highest BCUT2D eigenvalue weighted by atomic mass is 35.5. The van der Waals surface area contributed by atoms with Gasteiger partial charge in [0, 0.05) is 13.1 Å². The molecule has 2 rings (SSSR count). The van der Waals surface area contributed by atoms with Crippen LogP contribution >= 0.6 is 11.6 Å². The molecular weight excluding hydrogens is 226 g/mol. The summed E-state index contributed by atoms with van der Waals surface area (Å²) in [5.41, 5.74) is 0. The molecule has 16 heavy (non-hydrogen) atoms. The minimum Gasteiger partial charge on any atom is -0.393 e. The average molecular weight is 244 g/mol. The first-order chi connectivity index (χ1) is 7.75. The van der Waals surface area contributed by atoms with E-state index in [1.165, 1.54) is 6.20 Å². The van der Waals surface area contributed by atoms with Crippen molar-refractivity contribution in [2.45, 2.75) is 32.8 Å². The smallest absolute Gasteiger partial charge is 0.149 e. The Morgan fingerprint density at radius 1 is 1.31 bits per heavy atom. The highest BCUT2D eigenvalue weighted by molar-refractivity contribution is 6.29. The monoisotopic (exact) mass is 243 g/mol. The maximum Gasteiger partial charge on any atom is 0.149 e. The topological polar surface area (TPSA) is 49.2 Å². The van der Waals surface area contributed by atoms with Gasteiger partial charge in [0.2, 0.25) is 0 Å². The summed E-state index contributed by atoms with van der Waals surface area (Å²) in [6.45, 7) is 5.63. The van der Waals surface area contributed by atoms with E-state index >= 15 is 0 Å². The van der Waals surface area contributed by atoms with Gasteiger partial charge in [-0.25, -0.2) is 4.98 Å². The predicted molar refractivity (Wildman–Crippen MR) is 65.8 cm³/mol. The lowest BCUT2D eigenvalue weighted by Gasteiger charge is -2.30. The lowest BCUT2D eigenvalue weighted by molar-refractivity contribution is 0.145. The molecule has 5 heteroatoms. The number of aliphatic hydroxyl groups excluding tert-OH is 1. The van der Waals surface area contributed by atoms with Gasteiger partial charge in [-0.05, 0) is 12.8 Å². The molecule has 0 atom stereocenters. The molecule has 0 aliphatic carbocycles. The fraction of sp³-hybridized carbons (Fsp3) is 0.636. The number of nitrogens with zero attached hydrogens (tertiary/aromatic N) is 3. The summed E-state index contributed by atoms with van der Waals surface area (Å²) in [5, 5.41) is 9.75. The molecule has 0 saturated carbocycles. The highest BCUT2D eigenvalue weighted by Crippen LogP contribution is 2.18. The molecule has 1 saturated heterocycles. The Morgan fingerprint density at radius 3 is 2.50 bits per heavy atom. The zero-order valence-electron chi connectivity index (χ0n) is 9.73. The molecule has 90 valence electrons. The van der Waals surface area contributed by atoms with Crippen LogP contribution in [0.2, 0.25) is 5.15 Å². The SMILES string of the molecule is CC.OC1CCN(c2cncc(Cl)n2)CC1. The number of halogens is 1. The number of hydrogen-bond donors (Lipinski definition) is 1. The second kappa shape index (κ2) is 6.66. The van der Waals surface area contributed by atoms with Crippen LogP contribution in [-0.4, -0.2) is 34.3 Å². The fourth-order valence-corrected chi connectivity index (χ4v) is 1.72. The Balaban J connectivity index is 0.000000606. The van der Waals surface area contributed by atoms with Crippen molar-refractivity contribution >= 4 is 17.4 Å². The van der Waals surface area contributed by atoms with Crippen LogP contribution in [0.1, 0.15) is 26.7 Å². The Bertz CT molecular complexity index is 314. The van der Waals surface area contributed by atoms with Gasteiger partial charge < -0.3 is 10.0 Å². The molecule has 0 bridgehead atoms. The minimum absolute atomic E-state index is 0.168. The van der Waals surface area contributed by atoms with E-state index < -0.39 is 0 Å². The van der Waals surface area contributed by atoms with Crippen LogP contribution in [0.5, 0.6) is 0 Å². The zero-order chi connectivity index (χ0) is 12.0. The molecule has 0 aromatic carbocycles. The highest BCUT2D eigenvalue weighted by Gasteiger charge is 2.18. The standard InChI is InChI=1S/C9H12ClN3O.C2H6/c10-8-5-11-6-9(12-8)13-3-1-7(14)2-4-13;1-2/h5-7,14H,1-4H2;1-2H3. The molecule has 1 N–H and O–H groups in total. The summed E-state index contributed by atoms with van der Waals surface area (Å²) in [6, 6.07) is 0. The summed E-state index contributed by atoms with van der Waals surface area (Å²) >= 11 is 5.74. The predicted octanol–water partition coefficient (Wildman–Crippen LogP) is 2.12. The summed E-state index contributed by atoms with van der Waals surface area (Å²) in [7, 11) is 0. The molecule has 1 aromatic rings. The molecule has 0 spiro atoms. The van der Waals surface area contributed by atoms with Gasteiger partial charge in [0.25, 0.3) is 0 Å². The van der Waals surface area contributed by atoms with Gasteiger partial charge in [-0.3, -0.25) is 4.98 Å². The van der Waals surface area contributed by atoms with Crippen LogP contribution in [0.25, 0.3) is 0 Å². The summed E-state index contributed by atoms with van der Waals surface area (Å²) in [6.07, 6.45) is 4.62. The van der Waals surface area contributed by atoms with E-state index in [2.05, 4.69) is 14.9 Å². The van der Waals surface area contributed by atoms with Gasteiger partial charge in [-0.1, -0.05) is 25.4 Å². The molecule has 0 radical (unpaired) electrons. The zero-order valence-corrected chi connectivity index (χ0v) is 10.5. The summed E-state index contributed by atoms with van der Waals surface area (Å²) in [4.78, 5) is 10.2. The first-order valence-corrected chi connectivity index (χ1v) is 6.04. The number of hydrogen-bond acceptors (Lipinski definition) is 4. The number of aliphatic hydroxyl groups is 1. The number of rotatable bonds is 1. The second-order valence-corrected chi connectivity index (χ2v) is 3.81. The fourth-order valence-electron chi connectivity index (χ4n) is 1.58. The van der Waals surface area contributed by atoms with E-state index in [0.717, 1.165) is 31.7 Å². The third kappa shape index (κ3) is 3.61. The quantitative estimate of drug-likeness (QED) is 0.821. The van der Waals surface area contributed by atoms with Gasteiger partial charge >= 0.3 is 0 Å². The molecule has 0 unspecified atom stereocenters. The van der Waals surface area contributed by atoms with Crippen molar-refractivity contribution in [3.63, 3.8) is 0 Å². The van der Waals surface area contributed by atoms with Crippen molar-refractivity contribution in [2.75, 3.05) is 18.0 Å². The van der Waals surface area contributed by atoms with Gasteiger partial charge in [0.05, 0.1) is 18.5 Å². The first-order valence-electron chi connectivity index (χ1n) is 5.66. The van der Waals surface area contributed by atoms with E-state index in [1.807, 2.05) is 13.8 Å². The van der Waals surface area contributed by atoms with Crippen LogP contribution in [0.4, 0.5) is 5.82 Å². The maximum absolute atomic E-state index is 9.34. The van der Waals surface area contributed by atoms with Crippen molar-refractivity contribution < 1.29 is 5.11 Å². The van der Waals surface area contributed by atoms with Crippen LogP contribution in [-0.2, 0) is 0 Å². The van der Waals surface area contributed by atoms with Gasteiger partial charge in [-0.2, -0.15) is 0 Å². The van der Waals surface area contributed by atoms with E-state index in [0.29, 0.717) is 5.15 Å². The molecule has 1 fully saturated rings. The number of piperidine rings is 1. The van der Waals surface area contributed by atoms with E-state index in [-0.39, 0.29) is 6.10 Å². The van der Waals surface area contributed by atoms with E-state index in [1.54, 1.807) is 6.20 Å². The summed E-state index contributed by atoms with van der Waals surface area (Å²) in [5.74, 6) is 0.796. The Hall–Kier alpha value is -0.870. The lowest BCUT2D eigenvalue weighted by Crippen LogP contribution is -2.36. The first kappa shape index (κ1) is 13.2. The van der Waals surface area contributed by atoms with Crippen molar-refractivity contribution in [1.29, 1.82) is 0 Å². The van der Waals surface area contributed by atoms with Gasteiger partial charge in [0.1, 0.15) is 11.0 Å². The third-order valence-electron chi connectivity index (χ3n) is 2.38. The van der Waals surface area contributed by atoms with E-state index in [4.69, 9.17) is 11.6 Å². The van der Waals surface area contributed by atoms with Crippen LogP contribution in [0.3, 0.4) is 0 Å². The average Bonchev–Trinajstić information content (AvgIpc) is 2.32. The molecule has 4 nitrogen and oxygen atoms in total. The van der Waals surface area contributed by atoms with Crippen LogP contribution in [0.15, 0.2) is 12.4 Å². The lowest BCUT2D eigenvalue weighted by atomic mass is 10.1. The van der Waals surface area contributed by atoms with E-state index in [9.17, 15) is 5.11 Å². The maximum atomic E-state index is 9.34. The van der Waals surface area contributed by atoms with Crippen molar-refractivity contribution in [3.05, 3.63) is 17.5 Å². The normalized spacial score (nSPS) is 16.6. The second-order valence-electron chi connectivity index (χ2n) is 3.42. The summed E-state index contributed by atoms with van der Waals surface area (Å²) < 4.78 is 0. The minimum atomic E-state index is -0.168. The largest absolute Gasteiger partial charge is 0.393 e. The third-order valence-corrected chi connectivity index (χ3v) is 2.56. The molecule has 1 aliphatic rings. The van der Waals surface area contributed by atoms with Gasteiger partial charge in [-0.15, -0.1) is 0 Å². The molecule has 1 aromatic heterocycles. The van der Waals surface area contributed by atoms with Crippen LogP contribution in [0, 0.1) is 0 Å². The molecular formula is C11H18ClN3O. The Morgan fingerprint density at radius 2 is 1.94 bits per heavy atom. The van der Waals surface area contributed by atoms with Crippen molar-refractivity contribution in [1.82, 2.24) is 9.97 Å². The Labute approximate surface area is 101 Å². The van der Waals surface area contributed by atoms with Crippen molar-refractivity contribution in [2.24, 2.45) is 0 Å². The number of aromatic nitrogens is 2. The van der Waals surface area contributed by atoms with Gasteiger partial charge in [0.15, 0.2) is 0 Å². The van der Waals surface area contributed by atoms with Crippen molar-refractivity contribution in [3.8, 4) is 0 Å². The van der Waals surface area contributed by atoms with Crippen LogP contribution < -0.4 is 4.90 Å². The Kier molecular flexibility index (Phi) is 5.49. The molecule has 2 heterocycles. The molecule has 1 aliphatic heterocycles. The molecule has 0 amide bonds. The number of anilines is 1.